The summed E-state index contributed by atoms with van der Waals surface area (Å²) in [5, 5.41) is 10.1. The van der Waals surface area contributed by atoms with Crippen molar-refractivity contribution >= 4 is 15.9 Å². The average molecular weight is 329 g/mol. The van der Waals surface area contributed by atoms with Crippen LogP contribution in [-0.4, -0.2) is 12.2 Å². The quantitative estimate of drug-likeness (QED) is 0.928. The molecule has 0 fully saturated rings. The largest absolute Gasteiger partial charge is 0.494 e. The number of methoxy groups -OCH3 is 1. The van der Waals surface area contributed by atoms with Gasteiger partial charge in [-0.3, -0.25) is 0 Å². The van der Waals surface area contributed by atoms with Gasteiger partial charge in [0.15, 0.2) is 11.6 Å². The van der Waals surface area contributed by atoms with Crippen molar-refractivity contribution in [3.8, 4) is 5.75 Å². The first-order valence-corrected chi connectivity index (χ1v) is 6.29. The summed E-state index contributed by atoms with van der Waals surface area (Å²) < 4.78 is 32.6. The van der Waals surface area contributed by atoms with Crippen molar-refractivity contribution in [3.05, 3.63) is 63.6 Å². The standard InChI is InChI=1S/C14H11BrF2O2/c1-19-12-4-2-3-9(13(12)17)14(18)8-5-6-10(15)11(16)7-8/h2-7,14,18H,1H3. The molecule has 1 unspecified atom stereocenters. The summed E-state index contributed by atoms with van der Waals surface area (Å²) in [5.74, 6) is -1.13. The fourth-order valence-electron chi connectivity index (χ4n) is 1.76. The van der Waals surface area contributed by atoms with Gasteiger partial charge in [-0.05, 0) is 39.7 Å². The number of rotatable bonds is 3. The Hall–Kier alpha value is -1.46. The van der Waals surface area contributed by atoms with Crippen molar-refractivity contribution < 1.29 is 18.6 Å². The molecular weight excluding hydrogens is 318 g/mol. The zero-order valence-electron chi connectivity index (χ0n) is 10.0. The van der Waals surface area contributed by atoms with E-state index in [1.165, 1.54) is 31.4 Å². The van der Waals surface area contributed by atoms with Crippen LogP contribution in [0, 0.1) is 11.6 Å². The molecule has 2 rings (SSSR count). The molecule has 0 bridgehead atoms. The van der Waals surface area contributed by atoms with Crippen molar-refractivity contribution in [2.45, 2.75) is 6.10 Å². The lowest BCUT2D eigenvalue weighted by molar-refractivity contribution is 0.212. The van der Waals surface area contributed by atoms with Crippen LogP contribution in [0.25, 0.3) is 0 Å². The highest BCUT2D eigenvalue weighted by Crippen LogP contribution is 2.30. The molecule has 0 saturated heterocycles. The molecule has 0 aromatic heterocycles. The van der Waals surface area contributed by atoms with Gasteiger partial charge < -0.3 is 9.84 Å². The molecule has 2 nitrogen and oxygen atoms in total. The molecule has 0 heterocycles. The highest BCUT2D eigenvalue weighted by molar-refractivity contribution is 9.10. The van der Waals surface area contributed by atoms with Gasteiger partial charge in [0.1, 0.15) is 11.9 Å². The zero-order chi connectivity index (χ0) is 14.0. The van der Waals surface area contributed by atoms with Gasteiger partial charge >= 0.3 is 0 Å². The number of aliphatic hydroxyl groups is 1. The summed E-state index contributed by atoms with van der Waals surface area (Å²) in [5.41, 5.74) is 0.314. The highest BCUT2D eigenvalue weighted by Gasteiger charge is 2.18. The van der Waals surface area contributed by atoms with Crippen LogP contribution in [0.1, 0.15) is 17.2 Å². The molecule has 0 aliphatic carbocycles. The van der Waals surface area contributed by atoms with E-state index in [9.17, 15) is 13.9 Å². The van der Waals surface area contributed by atoms with Crippen molar-refractivity contribution in [1.29, 1.82) is 0 Å². The minimum Gasteiger partial charge on any atom is -0.494 e. The number of benzene rings is 2. The number of hydrogen-bond acceptors (Lipinski definition) is 2. The summed E-state index contributed by atoms with van der Waals surface area (Å²) in [4.78, 5) is 0. The van der Waals surface area contributed by atoms with Gasteiger partial charge in [-0.1, -0.05) is 18.2 Å². The van der Waals surface area contributed by atoms with E-state index >= 15 is 0 Å². The SMILES string of the molecule is COc1cccc(C(O)c2ccc(Br)c(F)c2)c1F. The maximum Gasteiger partial charge on any atom is 0.171 e. The van der Waals surface area contributed by atoms with E-state index in [1.54, 1.807) is 6.07 Å². The molecule has 0 aliphatic rings. The van der Waals surface area contributed by atoms with Crippen molar-refractivity contribution in [1.82, 2.24) is 0 Å². The van der Waals surface area contributed by atoms with Crippen LogP contribution in [0.5, 0.6) is 5.75 Å². The lowest BCUT2D eigenvalue weighted by Crippen LogP contribution is -2.04. The van der Waals surface area contributed by atoms with Gasteiger partial charge in [0, 0.05) is 5.56 Å². The molecule has 1 atom stereocenters. The van der Waals surface area contributed by atoms with Crippen molar-refractivity contribution in [2.75, 3.05) is 7.11 Å². The zero-order valence-corrected chi connectivity index (χ0v) is 11.6. The topological polar surface area (TPSA) is 29.5 Å². The third-order valence-corrected chi connectivity index (χ3v) is 3.41. The molecule has 1 N–H and O–H groups in total. The van der Waals surface area contributed by atoms with Crippen molar-refractivity contribution in [2.24, 2.45) is 0 Å². The minimum atomic E-state index is -1.25. The van der Waals surface area contributed by atoms with Crippen LogP contribution in [0.3, 0.4) is 0 Å². The van der Waals surface area contributed by atoms with Gasteiger partial charge in [-0.25, -0.2) is 8.78 Å². The number of hydrogen-bond donors (Lipinski definition) is 1. The highest BCUT2D eigenvalue weighted by atomic mass is 79.9. The van der Waals surface area contributed by atoms with E-state index in [0.717, 1.165) is 6.07 Å². The molecule has 100 valence electrons. The second-order valence-corrected chi connectivity index (χ2v) is 4.79. The third kappa shape index (κ3) is 2.77. The Bertz CT molecular complexity index is 602. The minimum absolute atomic E-state index is 0.0362. The first-order valence-electron chi connectivity index (χ1n) is 5.50. The van der Waals surface area contributed by atoms with Crippen LogP contribution in [-0.2, 0) is 0 Å². The first-order chi connectivity index (χ1) is 9.04. The summed E-state index contributed by atoms with van der Waals surface area (Å²) in [6.45, 7) is 0. The molecule has 0 saturated carbocycles. The fourth-order valence-corrected chi connectivity index (χ4v) is 2.01. The normalized spacial score (nSPS) is 12.3. The number of halogens is 3. The molecule has 19 heavy (non-hydrogen) atoms. The van der Waals surface area contributed by atoms with Gasteiger partial charge in [0.25, 0.3) is 0 Å². The van der Waals surface area contributed by atoms with Crippen LogP contribution in [0.4, 0.5) is 8.78 Å². The van der Waals surface area contributed by atoms with Gasteiger partial charge in [0.05, 0.1) is 11.6 Å². The maximum absolute atomic E-state index is 14.0. The molecule has 5 heteroatoms. The molecule has 0 radical (unpaired) electrons. The Balaban J connectivity index is 2.43. The molecule has 0 amide bonds. The fraction of sp³-hybridized carbons (Fsp3) is 0.143. The Morgan fingerprint density at radius 3 is 2.58 bits per heavy atom. The number of aliphatic hydroxyl groups excluding tert-OH is 1. The van der Waals surface area contributed by atoms with Crippen molar-refractivity contribution in [3.63, 3.8) is 0 Å². The summed E-state index contributed by atoms with van der Waals surface area (Å²) in [7, 11) is 1.34. The molecule has 2 aromatic carbocycles. The first kappa shape index (κ1) is 14.0. The van der Waals surface area contributed by atoms with Crippen LogP contribution < -0.4 is 4.74 Å². The summed E-state index contributed by atoms with van der Waals surface area (Å²) in [6, 6.07) is 8.60. The smallest absolute Gasteiger partial charge is 0.171 e. The lowest BCUT2D eigenvalue weighted by atomic mass is 10.0. The third-order valence-electron chi connectivity index (χ3n) is 2.77. The van der Waals surface area contributed by atoms with Gasteiger partial charge in [0.2, 0.25) is 0 Å². The predicted molar refractivity (Wildman–Crippen MR) is 71.1 cm³/mol. The van der Waals surface area contributed by atoms with Gasteiger partial charge in [-0.2, -0.15) is 0 Å². The second kappa shape index (κ2) is 5.67. The summed E-state index contributed by atoms with van der Waals surface area (Å²) >= 11 is 3.02. The van der Waals surface area contributed by atoms with Crippen LogP contribution >= 0.6 is 15.9 Å². The second-order valence-electron chi connectivity index (χ2n) is 3.94. The number of ether oxygens (including phenoxy) is 1. The molecule has 2 aromatic rings. The average Bonchev–Trinajstić information content (AvgIpc) is 2.41. The lowest BCUT2D eigenvalue weighted by Gasteiger charge is -2.14. The van der Waals surface area contributed by atoms with E-state index in [1.807, 2.05) is 0 Å². The molecule has 0 aliphatic heterocycles. The van der Waals surface area contributed by atoms with E-state index in [4.69, 9.17) is 4.74 Å². The Morgan fingerprint density at radius 1 is 1.21 bits per heavy atom. The van der Waals surface area contributed by atoms with E-state index in [0.29, 0.717) is 0 Å². The van der Waals surface area contributed by atoms with E-state index in [-0.39, 0.29) is 21.3 Å². The Morgan fingerprint density at radius 2 is 1.95 bits per heavy atom. The molecular formula is C14H11BrF2O2. The molecule has 0 spiro atoms. The monoisotopic (exact) mass is 328 g/mol. The maximum atomic E-state index is 14.0. The summed E-state index contributed by atoms with van der Waals surface area (Å²) in [6.07, 6.45) is -1.25. The van der Waals surface area contributed by atoms with E-state index < -0.39 is 17.7 Å². The van der Waals surface area contributed by atoms with Gasteiger partial charge in [-0.15, -0.1) is 0 Å². The van der Waals surface area contributed by atoms with Crippen LogP contribution in [0.2, 0.25) is 0 Å². The van der Waals surface area contributed by atoms with E-state index in [2.05, 4.69) is 15.9 Å². The Labute approximate surface area is 117 Å². The predicted octanol–water partition coefficient (Wildman–Crippen LogP) is 3.82. The Kier molecular flexibility index (Phi) is 4.17. The van der Waals surface area contributed by atoms with Crippen LogP contribution in [0.15, 0.2) is 40.9 Å².